The zero-order valence-electron chi connectivity index (χ0n) is 10.0. The van der Waals surface area contributed by atoms with Gasteiger partial charge in [-0.25, -0.2) is 12.7 Å². The summed E-state index contributed by atoms with van der Waals surface area (Å²) in [5.41, 5.74) is 0. The molecule has 6 heteroatoms. The summed E-state index contributed by atoms with van der Waals surface area (Å²) in [4.78, 5) is 2.24. The molecule has 0 saturated carbocycles. The lowest BCUT2D eigenvalue weighted by molar-refractivity contribution is 0.356. The van der Waals surface area contributed by atoms with Crippen LogP contribution in [-0.2, 0) is 10.0 Å². The van der Waals surface area contributed by atoms with Crippen LogP contribution in [0.4, 0.5) is 0 Å². The minimum atomic E-state index is -3.10. The van der Waals surface area contributed by atoms with Crippen LogP contribution in [0.15, 0.2) is 0 Å². The third kappa shape index (κ3) is 4.20. The van der Waals surface area contributed by atoms with Crippen molar-refractivity contribution < 1.29 is 8.42 Å². The van der Waals surface area contributed by atoms with Gasteiger partial charge in [-0.05, 0) is 32.4 Å². The summed E-state index contributed by atoms with van der Waals surface area (Å²) in [6.45, 7) is 2.70. The molecule has 0 bridgehead atoms. The molecule has 0 amide bonds. The summed E-state index contributed by atoms with van der Waals surface area (Å²) in [5.74, 6) is 1.04. The molecule has 1 unspecified atom stereocenters. The molecule has 1 fully saturated rings. The van der Waals surface area contributed by atoms with Crippen LogP contribution >= 0.6 is 11.6 Å². The van der Waals surface area contributed by atoms with Gasteiger partial charge in [0.2, 0.25) is 10.0 Å². The number of hydrogen-bond donors (Lipinski definition) is 0. The van der Waals surface area contributed by atoms with E-state index in [0.717, 1.165) is 19.5 Å². The third-order valence-electron chi connectivity index (χ3n) is 3.02. The molecule has 16 heavy (non-hydrogen) atoms. The highest BCUT2D eigenvalue weighted by Gasteiger charge is 2.25. The van der Waals surface area contributed by atoms with Crippen LogP contribution in [0.25, 0.3) is 0 Å². The molecule has 0 radical (unpaired) electrons. The van der Waals surface area contributed by atoms with E-state index in [4.69, 9.17) is 11.6 Å². The number of sulfonamides is 1. The van der Waals surface area contributed by atoms with Gasteiger partial charge in [0.1, 0.15) is 0 Å². The van der Waals surface area contributed by atoms with Crippen LogP contribution in [-0.4, -0.2) is 63.0 Å². The highest BCUT2D eigenvalue weighted by Crippen LogP contribution is 2.16. The van der Waals surface area contributed by atoms with E-state index in [-0.39, 0.29) is 5.75 Å². The summed E-state index contributed by atoms with van der Waals surface area (Å²) in [6.07, 6.45) is 1.62. The number of alkyl halides is 1. The van der Waals surface area contributed by atoms with E-state index in [2.05, 4.69) is 11.9 Å². The van der Waals surface area contributed by atoms with Crippen LogP contribution < -0.4 is 0 Å². The predicted octanol–water partition coefficient (Wildman–Crippen LogP) is 0.829. The Hall–Kier alpha value is 0.160. The van der Waals surface area contributed by atoms with E-state index in [1.807, 2.05) is 0 Å². The number of likely N-dealkylation sites (tertiary alicyclic amines) is 1. The maximum Gasteiger partial charge on any atom is 0.213 e. The molecule has 0 aromatic carbocycles. The molecule has 1 heterocycles. The molecule has 0 spiro atoms. The Bertz CT molecular complexity index is 308. The van der Waals surface area contributed by atoms with Crippen molar-refractivity contribution in [2.75, 3.05) is 45.4 Å². The van der Waals surface area contributed by atoms with Crippen LogP contribution in [0.1, 0.15) is 12.8 Å². The van der Waals surface area contributed by atoms with Crippen molar-refractivity contribution in [3.63, 3.8) is 0 Å². The maximum absolute atomic E-state index is 11.8. The second-order valence-electron chi connectivity index (χ2n) is 4.56. The molecule has 1 rings (SSSR count). The smallest absolute Gasteiger partial charge is 0.213 e. The molecule has 4 nitrogen and oxygen atoms in total. The van der Waals surface area contributed by atoms with E-state index in [1.165, 1.54) is 4.31 Å². The molecule has 0 aromatic rings. The zero-order chi connectivity index (χ0) is 12.2. The summed E-state index contributed by atoms with van der Waals surface area (Å²) in [7, 11) is 0.643. The quantitative estimate of drug-likeness (QED) is 0.670. The molecule has 0 aliphatic carbocycles. The topological polar surface area (TPSA) is 40.6 Å². The van der Waals surface area contributed by atoms with Gasteiger partial charge in [0.25, 0.3) is 0 Å². The molecule has 1 aliphatic rings. The van der Waals surface area contributed by atoms with E-state index in [0.29, 0.717) is 24.8 Å². The first-order valence-corrected chi connectivity index (χ1v) is 7.78. The van der Waals surface area contributed by atoms with Crippen LogP contribution in [0.3, 0.4) is 0 Å². The van der Waals surface area contributed by atoms with Crippen molar-refractivity contribution in [1.82, 2.24) is 9.21 Å². The Balaban J connectivity index is 2.41. The number of rotatable bonds is 6. The zero-order valence-corrected chi connectivity index (χ0v) is 11.6. The highest BCUT2D eigenvalue weighted by molar-refractivity contribution is 7.89. The summed E-state index contributed by atoms with van der Waals surface area (Å²) in [5, 5.41) is 0. The SMILES string of the molecule is CN1CCC(CN(C)S(=O)(=O)CCCCl)C1. The molecule has 1 atom stereocenters. The van der Waals surface area contributed by atoms with E-state index >= 15 is 0 Å². The average Bonchev–Trinajstić information content (AvgIpc) is 2.61. The Morgan fingerprint density at radius 1 is 1.50 bits per heavy atom. The van der Waals surface area contributed by atoms with Crippen LogP contribution in [0.5, 0.6) is 0 Å². The number of nitrogens with zero attached hydrogens (tertiary/aromatic N) is 2. The highest BCUT2D eigenvalue weighted by atomic mass is 35.5. The minimum Gasteiger partial charge on any atom is -0.306 e. The van der Waals surface area contributed by atoms with Crippen molar-refractivity contribution >= 4 is 21.6 Å². The molecule has 0 N–H and O–H groups in total. The van der Waals surface area contributed by atoms with E-state index < -0.39 is 10.0 Å². The van der Waals surface area contributed by atoms with Crippen LogP contribution in [0.2, 0.25) is 0 Å². The third-order valence-corrected chi connectivity index (χ3v) is 5.19. The Labute approximate surface area is 104 Å². The molecule has 96 valence electrons. The van der Waals surface area contributed by atoms with Crippen LogP contribution in [0, 0.1) is 5.92 Å². The maximum atomic E-state index is 11.8. The fourth-order valence-corrected chi connectivity index (χ4v) is 3.60. The lowest BCUT2D eigenvalue weighted by Gasteiger charge is -2.20. The lowest BCUT2D eigenvalue weighted by Crippen LogP contribution is -2.34. The van der Waals surface area contributed by atoms with Gasteiger partial charge in [-0.2, -0.15) is 0 Å². The second kappa shape index (κ2) is 6.19. The first-order valence-electron chi connectivity index (χ1n) is 5.64. The van der Waals surface area contributed by atoms with Gasteiger partial charge in [-0.3, -0.25) is 0 Å². The van der Waals surface area contributed by atoms with Gasteiger partial charge in [-0.15, -0.1) is 11.6 Å². The predicted molar refractivity (Wildman–Crippen MR) is 67.4 cm³/mol. The van der Waals surface area contributed by atoms with Crippen molar-refractivity contribution in [3.05, 3.63) is 0 Å². The van der Waals surface area contributed by atoms with Gasteiger partial charge in [-0.1, -0.05) is 0 Å². The van der Waals surface area contributed by atoms with Crippen molar-refractivity contribution in [1.29, 1.82) is 0 Å². The average molecular weight is 269 g/mol. The molecular weight excluding hydrogens is 248 g/mol. The Morgan fingerprint density at radius 3 is 2.69 bits per heavy atom. The van der Waals surface area contributed by atoms with Crippen molar-refractivity contribution in [3.8, 4) is 0 Å². The minimum absolute atomic E-state index is 0.162. The lowest BCUT2D eigenvalue weighted by atomic mass is 10.1. The Morgan fingerprint density at radius 2 is 2.19 bits per heavy atom. The summed E-state index contributed by atoms with van der Waals surface area (Å²) < 4.78 is 25.1. The molecule has 1 aliphatic heterocycles. The first-order chi connectivity index (χ1) is 7.45. The first kappa shape index (κ1) is 14.2. The van der Waals surface area contributed by atoms with E-state index in [1.54, 1.807) is 7.05 Å². The van der Waals surface area contributed by atoms with Crippen molar-refractivity contribution in [2.24, 2.45) is 5.92 Å². The molecule has 0 aromatic heterocycles. The van der Waals surface area contributed by atoms with Gasteiger partial charge in [0, 0.05) is 26.0 Å². The number of halogens is 1. The fourth-order valence-electron chi connectivity index (χ4n) is 2.05. The normalized spacial score (nSPS) is 23.1. The van der Waals surface area contributed by atoms with E-state index in [9.17, 15) is 8.42 Å². The molecular formula is C10H21ClN2O2S. The van der Waals surface area contributed by atoms with Gasteiger partial charge in [0.05, 0.1) is 5.75 Å². The number of hydrogen-bond acceptors (Lipinski definition) is 3. The van der Waals surface area contributed by atoms with Crippen molar-refractivity contribution in [2.45, 2.75) is 12.8 Å². The standard InChI is InChI=1S/C10H21ClN2O2S/c1-12-6-4-10(8-12)9-13(2)16(14,15)7-3-5-11/h10H,3-9H2,1-2H3. The Kier molecular flexibility index (Phi) is 5.50. The summed E-state index contributed by atoms with van der Waals surface area (Å²) in [6, 6.07) is 0. The van der Waals surface area contributed by atoms with Gasteiger partial charge in [0.15, 0.2) is 0 Å². The second-order valence-corrected chi connectivity index (χ2v) is 7.13. The largest absolute Gasteiger partial charge is 0.306 e. The summed E-state index contributed by atoms with van der Waals surface area (Å²) >= 11 is 5.51. The van der Waals surface area contributed by atoms with Gasteiger partial charge >= 0.3 is 0 Å². The molecule has 1 saturated heterocycles. The fraction of sp³-hybridized carbons (Fsp3) is 1.00. The monoisotopic (exact) mass is 268 g/mol. The van der Waals surface area contributed by atoms with Gasteiger partial charge < -0.3 is 4.90 Å².